The maximum absolute atomic E-state index is 13.3. The van der Waals surface area contributed by atoms with Crippen LogP contribution >= 0.6 is 0 Å². The van der Waals surface area contributed by atoms with Gasteiger partial charge >= 0.3 is 0 Å². The van der Waals surface area contributed by atoms with Crippen molar-refractivity contribution in [2.75, 3.05) is 13.2 Å². The molecule has 0 unspecified atom stereocenters. The molecule has 1 aromatic heterocycles. The van der Waals surface area contributed by atoms with Gasteiger partial charge in [-0.05, 0) is 50.3 Å². The van der Waals surface area contributed by atoms with Crippen molar-refractivity contribution in [1.82, 2.24) is 15.0 Å². The maximum Gasteiger partial charge on any atom is 0.254 e. The third-order valence-corrected chi connectivity index (χ3v) is 4.93. The van der Waals surface area contributed by atoms with E-state index in [4.69, 9.17) is 9.26 Å². The fraction of sp³-hybridized carbons (Fsp3) is 0.500. The minimum Gasteiger partial charge on any atom is -0.374 e. The van der Waals surface area contributed by atoms with Crippen LogP contribution in [0.15, 0.2) is 22.7 Å². The quantitative estimate of drug-likeness (QED) is 0.847. The van der Waals surface area contributed by atoms with Gasteiger partial charge in [0.25, 0.3) is 11.8 Å². The van der Waals surface area contributed by atoms with Crippen molar-refractivity contribution in [2.45, 2.75) is 45.3 Å². The average Bonchev–Trinajstić information content (AvgIpc) is 3.22. The van der Waals surface area contributed by atoms with Crippen LogP contribution in [-0.4, -0.2) is 40.2 Å². The van der Waals surface area contributed by atoms with E-state index in [-0.39, 0.29) is 18.1 Å². The minimum absolute atomic E-state index is 0.0322. The van der Waals surface area contributed by atoms with E-state index in [0.29, 0.717) is 24.9 Å². The molecule has 1 saturated heterocycles. The molecule has 1 fully saturated rings. The predicted octanol–water partition coefficient (Wildman–Crippen LogP) is 2.47. The molecule has 2 aromatic rings. The van der Waals surface area contributed by atoms with E-state index >= 15 is 0 Å². The zero-order valence-corrected chi connectivity index (χ0v) is 14.0. The molecule has 1 aromatic carbocycles. The number of hydrogen-bond acceptors (Lipinski definition) is 5. The molecule has 0 spiro atoms. The number of rotatable bonds is 2. The monoisotopic (exact) mass is 327 g/mol. The van der Waals surface area contributed by atoms with Gasteiger partial charge in [-0.25, -0.2) is 0 Å². The number of aryl methyl sites for hydroxylation is 2. The summed E-state index contributed by atoms with van der Waals surface area (Å²) >= 11 is 0. The van der Waals surface area contributed by atoms with Crippen LogP contribution in [0.1, 0.15) is 52.6 Å². The summed E-state index contributed by atoms with van der Waals surface area (Å²) in [7, 11) is 0. The molecule has 4 rings (SSSR count). The molecule has 2 atom stereocenters. The molecule has 0 saturated carbocycles. The van der Waals surface area contributed by atoms with E-state index in [1.54, 1.807) is 6.92 Å². The highest BCUT2D eigenvalue weighted by Gasteiger charge is 2.39. The number of nitrogens with zero attached hydrogens (tertiary/aromatic N) is 3. The van der Waals surface area contributed by atoms with Crippen LogP contribution in [0.3, 0.4) is 0 Å². The van der Waals surface area contributed by atoms with Gasteiger partial charge in [0.15, 0.2) is 5.82 Å². The Labute approximate surface area is 140 Å². The van der Waals surface area contributed by atoms with E-state index in [1.165, 1.54) is 11.1 Å². The number of carbonyl (C=O) groups excluding carboxylic acids is 1. The first kappa shape index (κ1) is 15.3. The standard InChI is InChI=1S/C18H21N3O3/c1-11-16(17-19-12(2)20-24-17)21(9-10-23-11)18(22)15-8-4-6-13-5-3-7-14(13)15/h4,6,8,11,16H,3,5,7,9-10H2,1-2H3/t11-,16+/m1/s1. The first-order valence-corrected chi connectivity index (χ1v) is 8.48. The van der Waals surface area contributed by atoms with Gasteiger partial charge in [0.05, 0.1) is 12.7 Å². The molecular formula is C18H21N3O3. The van der Waals surface area contributed by atoms with Gasteiger partial charge in [-0.15, -0.1) is 0 Å². The Morgan fingerprint density at radius 3 is 3.00 bits per heavy atom. The second kappa shape index (κ2) is 6.02. The lowest BCUT2D eigenvalue weighted by atomic mass is 10.00. The zero-order chi connectivity index (χ0) is 16.7. The molecule has 126 valence electrons. The van der Waals surface area contributed by atoms with Crippen LogP contribution in [0.4, 0.5) is 0 Å². The molecule has 0 bridgehead atoms. The largest absolute Gasteiger partial charge is 0.374 e. The van der Waals surface area contributed by atoms with Gasteiger partial charge in [0, 0.05) is 12.1 Å². The number of carbonyl (C=O) groups is 1. The van der Waals surface area contributed by atoms with Crippen molar-refractivity contribution >= 4 is 5.91 Å². The highest BCUT2D eigenvalue weighted by molar-refractivity contribution is 5.96. The summed E-state index contributed by atoms with van der Waals surface area (Å²) in [6.45, 7) is 4.77. The molecule has 0 radical (unpaired) electrons. The van der Waals surface area contributed by atoms with Gasteiger partial charge in [-0.3, -0.25) is 4.79 Å². The lowest BCUT2D eigenvalue weighted by molar-refractivity contribution is -0.0600. The second-order valence-electron chi connectivity index (χ2n) is 6.50. The van der Waals surface area contributed by atoms with Gasteiger partial charge in [0.1, 0.15) is 6.04 Å². The van der Waals surface area contributed by atoms with E-state index in [0.717, 1.165) is 24.8 Å². The number of benzene rings is 1. The molecule has 2 aliphatic rings. The lowest BCUT2D eigenvalue weighted by Gasteiger charge is -2.38. The number of morpholine rings is 1. The van der Waals surface area contributed by atoms with Crippen molar-refractivity contribution in [1.29, 1.82) is 0 Å². The highest BCUT2D eigenvalue weighted by atomic mass is 16.5. The summed E-state index contributed by atoms with van der Waals surface area (Å²) in [6, 6.07) is 5.69. The van der Waals surface area contributed by atoms with Gasteiger partial charge in [-0.2, -0.15) is 4.98 Å². The van der Waals surface area contributed by atoms with Crippen molar-refractivity contribution < 1.29 is 14.1 Å². The van der Waals surface area contributed by atoms with Crippen LogP contribution in [0.25, 0.3) is 0 Å². The zero-order valence-electron chi connectivity index (χ0n) is 14.0. The molecular weight excluding hydrogens is 306 g/mol. The third kappa shape index (κ3) is 2.51. The number of ether oxygens (including phenoxy) is 1. The summed E-state index contributed by atoms with van der Waals surface area (Å²) in [5.41, 5.74) is 3.30. The number of aromatic nitrogens is 2. The van der Waals surface area contributed by atoms with Crippen molar-refractivity contribution in [3.05, 3.63) is 46.6 Å². The molecule has 6 heteroatoms. The Morgan fingerprint density at radius 2 is 2.21 bits per heavy atom. The molecule has 24 heavy (non-hydrogen) atoms. The van der Waals surface area contributed by atoms with Gasteiger partial charge < -0.3 is 14.2 Å². The Kier molecular flexibility index (Phi) is 3.84. The highest BCUT2D eigenvalue weighted by Crippen LogP contribution is 2.32. The third-order valence-electron chi connectivity index (χ3n) is 4.93. The smallest absolute Gasteiger partial charge is 0.254 e. The Balaban J connectivity index is 1.70. The number of fused-ring (bicyclic) bond motifs is 1. The molecule has 1 aliphatic heterocycles. The summed E-state index contributed by atoms with van der Waals surface area (Å²) in [5, 5.41) is 3.87. The van der Waals surface area contributed by atoms with Crippen LogP contribution in [0.5, 0.6) is 0 Å². The second-order valence-corrected chi connectivity index (χ2v) is 6.50. The van der Waals surface area contributed by atoms with Crippen molar-refractivity contribution in [3.63, 3.8) is 0 Å². The fourth-order valence-corrected chi connectivity index (χ4v) is 3.79. The Hall–Kier alpha value is -2.21. The van der Waals surface area contributed by atoms with Crippen molar-refractivity contribution in [3.8, 4) is 0 Å². The maximum atomic E-state index is 13.3. The lowest BCUT2D eigenvalue weighted by Crippen LogP contribution is -2.47. The molecule has 6 nitrogen and oxygen atoms in total. The Morgan fingerprint density at radius 1 is 1.33 bits per heavy atom. The first-order valence-electron chi connectivity index (χ1n) is 8.48. The summed E-state index contributed by atoms with van der Waals surface area (Å²) in [5.74, 6) is 1.04. The summed E-state index contributed by atoms with van der Waals surface area (Å²) < 4.78 is 11.1. The number of hydrogen-bond donors (Lipinski definition) is 0. The average molecular weight is 327 g/mol. The Bertz CT molecular complexity index is 771. The number of amides is 1. The van der Waals surface area contributed by atoms with Gasteiger partial charge in [-0.1, -0.05) is 17.3 Å². The predicted molar refractivity (Wildman–Crippen MR) is 86.7 cm³/mol. The van der Waals surface area contributed by atoms with Crippen LogP contribution < -0.4 is 0 Å². The van der Waals surface area contributed by atoms with Crippen LogP contribution in [0, 0.1) is 6.92 Å². The fourth-order valence-electron chi connectivity index (χ4n) is 3.79. The molecule has 2 heterocycles. The summed E-state index contributed by atoms with van der Waals surface area (Å²) in [4.78, 5) is 19.4. The first-order chi connectivity index (χ1) is 11.6. The van der Waals surface area contributed by atoms with E-state index in [2.05, 4.69) is 16.2 Å². The van der Waals surface area contributed by atoms with E-state index in [9.17, 15) is 4.79 Å². The minimum atomic E-state index is -0.343. The molecule has 0 N–H and O–H groups in total. The van der Waals surface area contributed by atoms with Crippen LogP contribution in [0.2, 0.25) is 0 Å². The molecule has 1 aliphatic carbocycles. The van der Waals surface area contributed by atoms with E-state index < -0.39 is 0 Å². The van der Waals surface area contributed by atoms with E-state index in [1.807, 2.05) is 24.0 Å². The summed E-state index contributed by atoms with van der Waals surface area (Å²) in [6.07, 6.45) is 2.97. The molecule has 1 amide bonds. The SMILES string of the molecule is Cc1noc([C@@H]2[C@@H](C)OCCN2C(=O)c2cccc3c2CCC3)n1. The normalized spacial score (nSPS) is 23.3. The topological polar surface area (TPSA) is 68.5 Å². The van der Waals surface area contributed by atoms with Gasteiger partial charge in [0.2, 0.25) is 0 Å². The van der Waals surface area contributed by atoms with Crippen molar-refractivity contribution in [2.24, 2.45) is 0 Å². The van der Waals surface area contributed by atoms with Crippen LogP contribution in [-0.2, 0) is 17.6 Å².